The van der Waals surface area contributed by atoms with Crippen LogP contribution >= 0.6 is 11.3 Å². The number of fused-ring (bicyclic) bond motifs is 1. The Morgan fingerprint density at radius 1 is 1.11 bits per heavy atom. The number of hydrogen-bond acceptors (Lipinski definition) is 10. The third kappa shape index (κ3) is 6.26. The van der Waals surface area contributed by atoms with Crippen LogP contribution in [0.25, 0.3) is 0 Å². The van der Waals surface area contributed by atoms with Crippen molar-refractivity contribution < 1.29 is 41.7 Å². The Bertz CT molecular complexity index is 1280. The number of sulfonamides is 1. The molecule has 1 aromatic carbocycles. The molecule has 2 aromatic rings. The van der Waals surface area contributed by atoms with Crippen LogP contribution in [0.2, 0.25) is 0 Å². The van der Waals surface area contributed by atoms with E-state index in [1.165, 1.54) is 44.8 Å². The number of anilines is 2. The van der Waals surface area contributed by atoms with Crippen LogP contribution in [0.5, 0.6) is 11.5 Å². The normalized spacial score (nSPS) is 14.9. The van der Waals surface area contributed by atoms with E-state index in [9.17, 15) is 22.8 Å². The third-order valence-corrected chi connectivity index (χ3v) is 7.26. The van der Waals surface area contributed by atoms with E-state index < -0.39 is 34.5 Å². The fourth-order valence-corrected chi connectivity index (χ4v) is 5.86. The average Bonchev–Trinajstić information content (AvgIpc) is 3.16. The summed E-state index contributed by atoms with van der Waals surface area (Å²) in [6, 6.07) is 2.52. The molecule has 0 bridgehead atoms. The largest absolute Gasteiger partial charge is 0.493 e. The molecule has 1 amide bonds. The smallest absolute Gasteiger partial charge is 0.341 e. The lowest BCUT2D eigenvalue weighted by atomic mass is 9.88. The molecular weight excluding hydrogens is 512 g/mol. The Kier molecular flexibility index (Phi) is 8.46. The highest BCUT2D eigenvalue weighted by Gasteiger charge is 2.29. The lowest BCUT2D eigenvalue weighted by Crippen LogP contribution is -2.22. The van der Waals surface area contributed by atoms with Crippen LogP contribution in [0.4, 0.5) is 10.7 Å². The molecule has 13 heteroatoms. The second kappa shape index (κ2) is 11.2. The highest BCUT2D eigenvalue weighted by Crippen LogP contribution is 2.40. The molecule has 11 nitrogen and oxygen atoms in total. The second-order valence-corrected chi connectivity index (χ2v) is 11.2. The van der Waals surface area contributed by atoms with Crippen molar-refractivity contribution in [3.05, 3.63) is 33.7 Å². The van der Waals surface area contributed by atoms with Gasteiger partial charge in [-0.1, -0.05) is 6.92 Å². The highest BCUT2D eigenvalue weighted by molar-refractivity contribution is 7.92. The summed E-state index contributed by atoms with van der Waals surface area (Å²) < 4.78 is 46.1. The van der Waals surface area contributed by atoms with Gasteiger partial charge >= 0.3 is 11.9 Å². The summed E-state index contributed by atoms with van der Waals surface area (Å²) in [4.78, 5) is 38.7. The number of methoxy groups -OCH3 is 3. The monoisotopic (exact) mass is 540 g/mol. The van der Waals surface area contributed by atoms with Crippen LogP contribution in [-0.4, -0.2) is 60.5 Å². The Morgan fingerprint density at radius 2 is 1.83 bits per heavy atom. The number of carbonyl (C=O) groups excluding carboxylic acids is 3. The minimum Gasteiger partial charge on any atom is -0.493 e. The lowest BCUT2D eigenvalue weighted by Gasteiger charge is -2.18. The number of rotatable bonds is 9. The van der Waals surface area contributed by atoms with Crippen molar-refractivity contribution in [3.8, 4) is 11.5 Å². The first-order chi connectivity index (χ1) is 17.0. The Morgan fingerprint density at radius 3 is 2.44 bits per heavy atom. The van der Waals surface area contributed by atoms with Gasteiger partial charge in [0.1, 0.15) is 5.00 Å². The van der Waals surface area contributed by atoms with Gasteiger partial charge in [-0.15, -0.1) is 11.3 Å². The number of hydrogen-bond donors (Lipinski definition) is 2. The maximum Gasteiger partial charge on any atom is 0.341 e. The predicted octanol–water partition coefficient (Wildman–Crippen LogP) is 2.84. The van der Waals surface area contributed by atoms with Gasteiger partial charge in [0.15, 0.2) is 18.1 Å². The van der Waals surface area contributed by atoms with E-state index in [1.54, 1.807) is 0 Å². The Hall–Kier alpha value is -3.32. The van der Waals surface area contributed by atoms with Crippen molar-refractivity contribution >= 4 is 49.9 Å². The number of ether oxygens (including phenoxy) is 4. The molecule has 0 aliphatic heterocycles. The molecule has 1 atom stereocenters. The van der Waals surface area contributed by atoms with Crippen molar-refractivity contribution in [2.45, 2.75) is 26.2 Å². The summed E-state index contributed by atoms with van der Waals surface area (Å²) in [5, 5.41) is 3.01. The quantitative estimate of drug-likeness (QED) is 0.458. The highest BCUT2D eigenvalue weighted by atomic mass is 32.2. The molecule has 1 aliphatic rings. The van der Waals surface area contributed by atoms with Crippen LogP contribution < -0.4 is 19.5 Å². The summed E-state index contributed by atoms with van der Waals surface area (Å²) in [6.07, 6.45) is 3.39. The standard InChI is InChI=1S/C23H28N2O9S2/c1-12-6-7-14-17(8-12)35-21(19(14)23(28)33-4)24-18(26)11-34-22(27)13-9-15(25-36(5,29)30)20(32-3)16(10-13)31-2/h9-10,12,25H,6-8,11H2,1-5H3,(H,24,26). The maximum absolute atomic E-state index is 12.7. The van der Waals surface area contributed by atoms with Gasteiger partial charge in [-0.25, -0.2) is 18.0 Å². The minimum absolute atomic E-state index is 0.0307. The zero-order valence-corrected chi connectivity index (χ0v) is 22.2. The molecule has 1 aromatic heterocycles. The molecule has 0 saturated heterocycles. The van der Waals surface area contributed by atoms with E-state index in [-0.39, 0.29) is 22.7 Å². The Balaban J connectivity index is 1.76. The van der Waals surface area contributed by atoms with Crippen molar-refractivity contribution in [1.29, 1.82) is 0 Å². The van der Waals surface area contributed by atoms with Gasteiger partial charge in [-0.2, -0.15) is 0 Å². The molecule has 0 spiro atoms. The van der Waals surface area contributed by atoms with Gasteiger partial charge in [0.25, 0.3) is 5.91 Å². The first-order valence-corrected chi connectivity index (χ1v) is 13.6. The van der Waals surface area contributed by atoms with Crippen LogP contribution in [0, 0.1) is 5.92 Å². The molecule has 0 radical (unpaired) electrons. The van der Waals surface area contributed by atoms with Crippen molar-refractivity contribution in [1.82, 2.24) is 0 Å². The summed E-state index contributed by atoms with van der Waals surface area (Å²) in [5.41, 5.74) is 1.12. The molecular formula is C23H28N2O9S2. The molecule has 36 heavy (non-hydrogen) atoms. The van der Waals surface area contributed by atoms with Gasteiger partial charge in [0.05, 0.1) is 44.4 Å². The zero-order valence-electron chi connectivity index (χ0n) is 20.6. The summed E-state index contributed by atoms with van der Waals surface area (Å²) in [6.45, 7) is 1.49. The molecule has 3 rings (SSSR count). The number of thiophene rings is 1. The number of esters is 2. The Labute approximate surface area is 213 Å². The first-order valence-electron chi connectivity index (χ1n) is 10.9. The van der Waals surface area contributed by atoms with E-state index in [1.807, 2.05) is 0 Å². The molecule has 0 fully saturated rings. The number of nitrogens with one attached hydrogen (secondary N) is 2. The van der Waals surface area contributed by atoms with Gasteiger partial charge < -0.3 is 24.3 Å². The van der Waals surface area contributed by atoms with Crippen LogP contribution in [0.3, 0.4) is 0 Å². The molecule has 2 N–H and O–H groups in total. The van der Waals surface area contributed by atoms with Crippen molar-refractivity contribution in [3.63, 3.8) is 0 Å². The fourth-order valence-electron chi connectivity index (χ4n) is 3.89. The molecule has 1 heterocycles. The summed E-state index contributed by atoms with van der Waals surface area (Å²) >= 11 is 1.32. The summed E-state index contributed by atoms with van der Waals surface area (Å²) in [7, 11) is 0.228. The van der Waals surface area contributed by atoms with Crippen LogP contribution in [-0.2, 0) is 37.1 Å². The van der Waals surface area contributed by atoms with Crippen molar-refractivity contribution in [2.24, 2.45) is 5.92 Å². The summed E-state index contributed by atoms with van der Waals surface area (Å²) in [5.74, 6) is -1.45. The van der Waals surface area contributed by atoms with E-state index in [0.29, 0.717) is 22.9 Å². The topological polar surface area (TPSA) is 146 Å². The van der Waals surface area contributed by atoms with Crippen molar-refractivity contribution in [2.75, 3.05) is 44.2 Å². The fraction of sp³-hybridized carbons (Fsp3) is 0.435. The molecule has 1 unspecified atom stereocenters. The molecule has 1 aliphatic carbocycles. The van der Waals surface area contributed by atoms with Gasteiger partial charge in [0.2, 0.25) is 10.0 Å². The van der Waals surface area contributed by atoms with E-state index in [2.05, 4.69) is 17.0 Å². The van der Waals surface area contributed by atoms with Crippen LogP contribution in [0.15, 0.2) is 12.1 Å². The predicted molar refractivity (Wildman–Crippen MR) is 134 cm³/mol. The molecule has 0 saturated carbocycles. The minimum atomic E-state index is -3.69. The lowest BCUT2D eigenvalue weighted by molar-refractivity contribution is -0.119. The second-order valence-electron chi connectivity index (χ2n) is 8.31. The molecule has 196 valence electrons. The first kappa shape index (κ1) is 27.3. The maximum atomic E-state index is 12.7. The number of benzene rings is 1. The van der Waals surface area contributed by atoms with Gasteiger partial charge in [-0.3, -0.25) is 9.52 Å². The van der Waals surface area contributed by atoms with Gasteiger partial charge in [-0.05, 0) is 42.9 Å². The van der Waals surface area contributed by atoms with E-state index in [0.717, 1.165) is 29.5 Å². The van der Waals surface area contributed by atoms with Gasteiger partial charge in [0, 0.05) is 4.88 Å². The SMILES string of the molecule is COC(=O)c1c(NC(=O)COC(=O)c2cc(NS(C)(=O)=O)c(OC)c(OC)c2)sc2c1CCC(C)C2. The number of carbonyl (C=O) groups is 3. The van der Waals surface area contributed by atoms with Crippen LogP contribution in [0.1, 0.15) is 44.5 Å². The number of amides is 1. The van der Waals surface area contributed by atoms with E-state index in [4.69, 9.17) is 18.9 Å². The third-order valence-electron chi connectivity index (χ3n) is 5.50. The average molecular weight is 541 g/mol. The zero-order chi connectivity index (χ0) is 26.6. The van der Waals surface area contributed by atoms with E-state index >= 15 is 0 Å².